The molecule has 0 aromatic heterocycles. The smallest absolute Gasteiger partial charge is 0.183 e. The SMILES string of the molecule is C=Cc1ccc(C[N+](C)(C)CCCO[Si](C)(C)C)cc1. The van der Waals surface area contributed by atoms with E-state index in [4.69, 9.17) is 4.43 Å². The molecule has 1 aromatic rings. The predicted octanol–water partition coefficient (Wildman–Crippen LogP) is 4.15. The monoisotopic (exact) mass is 292 g/mol. The van der Waals surface area contributed by atoms with Crippen LogP contribution in [0.5, 0.6) is 0 Å². The van der Waals surface area contributed by atoms with Gasteiger partial charge in [0.2, 0.25) is 0 Å². The highest BCUT2D eigenvalue weighted by Gasteiger charge is 2.17. The first-order chi connectivity index (χ1) is 9.22. The molecule has 0 unspecified atom stereocenters. The van der Waals surface area contributed by atoms with E-state index in [0.29, 0.717) is 0 Å². The van der Waals surface area contributed by atoms with Crippen LogP contribution in [-0.4, -0.2) is 40.0 Å². The Morgan fingerprint density at radius 3 is 2.25 bits per heavy atom. The number of hydrogen-bond donors (Lipinski definition) is 0. The van der Waals surface area contributed by atoms with Gasteiger partial charge in [-0.15, -0.1) is 0 Å². The zero-order valence-electron chi connectivity index (χ0n) is 13.8. The Kier molecular flexibility index (Phi) is 6.18. The lowest BCUT2D eigenvalue weighted by molar-refractivity contribution is -0.903. The lowest BCUT2D eigenvalue weighted by atomic mass is 10.1. The molecule has 0 radical (unpaired) electrons. The van der Waals surface area contributed by atoms with Gasteiger partial charge in [0.25, 0.3) is 0 Å². The maximum Gasteiger partial charge on any atom is 0.183 e. The lowest BCUT2D eigenvalue weighted by Crippen LogP contribution is -2.40. The van der Waals surface area contributed by atoms with Crippen molar-refractivity contribution < 1.29 is 8.91 Å². The van der Waals surface area contributed by atoms with Gasteiger partial charge < -0.3 is 8.91 Å². The van der Waals surface area contributed by atoms with Crippen molar-refractivity contribution in [3.8, 4) is 0 Å². The summed E-state index contributed by atoms with van der Waals surface area (Å²) < 4.78 is 6.93. The first-order valence-corrected chi connectivity index (χ1v) is 10.8. The summed E-state index contributed by atoms with van der Waals surface area (Å²) in [6.45, 7) is 13.6. The number of hydrogen-bond acceptors (Lipinski definition) is 1. The van der Waals surface area contributed by atoms with Crippen LogP contribution in [0.25, 0.3) is 6.08 Å². The van der Waals surface area contributed by atoms with Crippen molar-refractivity contribution in [1.82, 2.24) is 0 Å². The molecule has 0 heterocycles. The number of rotatable bonds is 8. The van der Waals surface area contributed by atoms with Gasteiger partial charge >= 0.3 is 0 Å². The largest absolute Gasteiger partial charge is 0.417 e. The van der Waals surface area contributed by atoms with Gasteiger partial charge in [-0.25, -0.2) is 0 Å². The Labute approximate surface area is 125 Å². The molecule has 0 atom stereocenters. The highest BCUT2D eigenvalue weighted by molar-refractivity contribution is 6.69. The van der Waals surface area contributed by atoms with Crippen LogP contribution in [0.1, 0.15) is 17.5 Å². The van der Waals surface area contributed by atoms with Gasteiger partial charge in [0.1, 0.15) is 6.54 Å². The molecule has 1 aromatic carbocycles. The van der Waals surface area contributed by atoms with E-state index in [9.17, 15) is 0 Å². The number of quaternary nitrogens is 1. The van der Waals surface area contributed by atoms with Crippen LogP contribution in [0.4, 0.5) is 0 Å². The average Bonchev–Trinajstić information content (AvgIpc) is 2.34. The molecule has 112 valence electrons. The van der Waals surface area contributed by atoms with Crippen molar-refractivity contribution in [3.05, 3.63) is 42.0 Å². The quantitative estimate of drug-likeness (QED) is 0.397. The summed E-state index contributed by atoms with van der Waals surface area (Å²) in [6.07, 6.45) is 3.01. The fourth-order valence-corrected chi connectivity index (χ4v) is 2.96. The molecule has 20 heavy (non-hydrogen) atoms. The Bertz CT molecular complexity index is 418. The van der Waals surface area contributed by atoms with Crippen LogP contribution in [0.2, 0.25) is 19.6 Å². The Hall–Kier alpha value is -0.903. The Morgan fingerprint density at radius 2 is 1.75 bits per heavy atom. The van der Waals surface area contributed by atoms with Gasteiger partial charge in [0, 0.05) is 18.6 Å². The zero-order chi connectivity index (χ0) is 15.2. The predicted molar refractivity (Wildman–Crippen MR) is 91.1 cm³/mol. The molecule has 0 saturated carbocycles. The van der Waals surface area contributed by atoms with E-state index >= 15 is 0 Å². The summed E-state index contributed by atoms with van der Waals surface area (Å²) in [6, 6.07) is 8.68. The molecule has 0 N–H and O–H groups in total. The first-order valence-electron chi connectivity index (χ1n) is 7.39. The number of nitrogens with zero attached hydrogens (tertiary/aromatic N) is 1. The van der Waals surface area contributed by atoms with E-state index in [2.05, 4.69) is 64.6 Å². The van der Waals surface area contributed by atoms with Gasteiger partial charge in [-0.2, -0.15) is 0 Å². The van der Waals surface area contributed by atoms with Crippen molar-refractivity contribution in [2.75, 3.05) is 27.2 Å². The molecule has 0 bridgehead atoms. The van der Waals surface area contributed by atoms with Crippen molar-refractivity contribution in [2.45, 2.75) is 32.6 Å². The molecular weight excluding hydrogens is 262 g/mol. The van der Waals surface area contributed by atoms with E-state index in [1.165, 1.54) is 11.1 Å². The summed E-state index contributed by atoms with van der Waals surface area (Å²) in [5.74, 6) is 0. The minimum atomic E-state index is -1.35. The van der Waals surface area contributed by atoms with Gasteiger partial charge in [-0.05, 0) is 25.2 Å². The highest BCUT2D eigenvalue weighted by atomic mass is 28.4. The van der Waals surface area contributed by atoms with Crippen molar-refractivity contribution >= 4 is 14.4 Å². The van der Waals surface area contributed by atoms with Gasteiger partial charge in [0.05, 0.1) is 20.6 Å². The normalized spacial score (nSPS) is 12.4. The summed E-state index contributed by atoms with van der Waals surface area (Å²) in [5, 5.41) is 0. The van der Waals surface area contributed by atoms with Crippen LogP contribution in [0, 0.1) is 0 Å². The second-order valence-corrected chi connectivity index (χ2v) is 11.6. The van der Waals surface area contributed by atoms with Crippen LogP contribution >= 0.6 is 0 Å². The third-order valence-electron chi connectivity index (χ3n) is 3.27. The van der Waals surface area contributed by atoms with Crippen molar-refractivity contribution in [3.63, 3.8) is 0 Å². The van der Waals surface area contributed by atoms with E-state index < -0.39 is 8.32 Å². The third kappa shape index (κ3) is 7.03. The molecule has 3 heteroatoms. The van der Waals surface area contributed by atoms with E-state index in [-0.39, 0.29) is 0 Å². The number of benzene rings is 1. The second-order valence-electron chi connectivity index (χ2n) is 7.08. The van der Waals surface area contributed by atoms with Gasteiger partial charge in [-0.3, -0.25) is 0 Å². The minimum absolute atomic E-state index is 0.896. The summed E-state index contributed by atoms with van der Waals surface area (Å²) >= 11 is 0. The van der Waals surface area contributed by atoms with E-state index in [1.807, 2.05) is 6.08 Å². The average molecular weight is 293 g/mol. The molecule has 0 fully saturated rings. The van der Waals surface area contributed by atoms with Gasteiger partial charge in [-0.1, -0.05) is 36.9 Å². The molecular formula is C17H30NOSi+. The molecule has 1 rings (SSSR count). The topological polar surface area (TPSA) is 9.23 Å². The molecule has 0 saturated heterocycles. The summed E-state index contributed by atoms with van der Waals surface area (Å²) in [7, 11) is 3.22. The molecule has 0 aliphatic heterocycles. The fraction of sp³-hybridized carbons (Fsp3) is 0.529. The highest BCUT2D eigenvalue weighted by Crippen LogP contribution is 2.13. The lowest BCUT2D eigenvalue weighted by Gasteiger charge is -2.30. The summed E-state index contributed by atoms with van der Waals surface area (Å²) in [4.78, 5) is 0. The Balaban J connectivity index is 2.41. The zero-order valence-corrected chi connectivity index (χ0v) is 14.8. The van der Waals surface area contributed by atoms with E-state index in [1.54, 1.807) is 0 Å². The molecule has 0 spiro atoms. The van der Waals surface area contributed by atoms with E-state index in [0.717, 1.165) is 30.6 Å². The second kappa shape index (κ2) is 7.20. The molecule has 0 amide bonds. The molecule has 0 aliphatic rings. The van der Waals surface area contributed by atoms with Crippen LogP contribution in [-0.2, 0) is 11.0 Å². The van der Waals surface area contributed by atoms with Crippen LogP contribution in [0.3, 0.4) is 0 Å². The third-order valence-corrected chi connectivity index (χ3v) is 4.34. The summed E-state index contributed by atoms with van der Waals surface area (Å²) in [5.41, 5.74) is 2.56. The standard InChI is InChI=1S/C17H30NOSi/c1-7-16-9-11-17(12-10-16)15-18(2,3)13-8-14-19-20(4,5)6/h7,9-12H,1,8,13-15H2,2-6H3/q+1. The maximum atomic E-state index is 5.92. The van der Waals surface area contributed by atoms with Crippen LogP contribution < -0.4 is 0 Å². The minimum Gasteiger partial charge on any atom is -0.417 e. The maximum absolute atomic E-state index is 5.92. The molecule has 2 nitrogen and oxygen atoms in total. The van der Waals surface area contributed by atoms with Crippen molar-refractivity contribution in [2.24, 2.45) is 0 Å². The fourth-order valence-electron chi connectivity index (χ4n) is 2.20. The van der Waals surface area contributed by atoms with Gasteiger partial charge in [0.15, 0.2) is 8.32 Å². The Morgan fingerprint density at radius 1 is 1.15 bits per heavy atom. The molecule has 0 aliphatic carbocycles. The van der Waals surface area contributed by atoms with Crippen molar-refractivity contribution in [1.29, 1.82) is 0 Å². The van der Waals surface area contributed by atoms with Crippen LogP contribution in [0.15, 0.2) is 30.8 Å². The first kappa shape index (κ1) is 17.1.